The third kappa shape index (κ3) is 4.03. The number of alkyl halides is 3. The number of benzene rings is 2. The fraction of sp³-hybridized carbons (Fsp3) is 0.641. The molecule has 12 heteroatoms. The Balaban J connectivity index is 1.10. The average molecular weight is 922 g/mol. The van der Waals surface area contributed by atoms with Crippen molar-refractivity contribution in [3.05, 3.63) is 37.9 Å². The number of carbonyl (C=O) groups excluding carboxylic acids is 2. The number of ether oxygens (including phenoxy) is 2. The first kappa shape index (κ1) is 32.7. The molecule has 51 heavy (non-hydrogen) atoms. The van der Waals surface area contributed by atoms with Gasteiger partial charge in [0.25, 0.3) is 0 Å². The molecule has 3 aliphatic heterocycles. The standard InChI is InChI=1S/C39H43I2N2O8/c1-41(42-16-18-2-3-18)24-15-36(48)8-6-26(45)35-39(36,40)29-23(24)14-22(31(47)33(29)51-35)21-12-20-13-27-38(49)9-7-25(44)34-37(38,28(20)32(50-34)30(21)46)10-11-43(27)17-19-4-5-19/h12,14,18-19,24,27,34-35,46-49H,2-11,13,15-17H2,1H3/q-1/t24?,27-,34?,35?,36-,37+,38-,39-/m1/s1. The molecule has 0 aromatic heterocycles. The number of hydrogen-bond acceptors (Lipinski definition) is 9. The molecule has 272 valence electrons. The van der Waals surface area contributed by atoms with Gasteiger partial charge in [0.15, 0.2) is 0 Å². The minimum absolute atomic E-state index is 0.0400. The van der Waals surface area contributed by atoms with Gasteiger partial charge in [-0.05, 0) is 12.8 Å². The molecular weight excluding hydrogens is 878 g/mol. The van der Waals surface area contributed by atoms with Gasteiger partial charge in [-0.1, -0.05) is 0 Å². The molecule has 4 saturated carbocycles. The molecule has 1 spiro atoms. The number of phenols is 2. The number of phenolic OH excluding ortho intramolecular Hbond substituents is 2. The molecular formula is C39H43I2N2O8-. The Morgan fingerprint density at radius 1 is 0.922 bits per heavy atom. The Labute approximate surface area is 317 Å². The number of ketones is 2. The molecule has 10 nitrogen and oxygen atoms in total. The van der Waals surface area contributed by atoms with Crippen molar-refractivity contribution in [2.45, 2.75) is 113 Å². The second-order valence-electron chi connectivity index (χ2n) is 17.1. The molecule has 11 rings (SSSR count). The van der Waals surface area contributed by atoms with Crippen LogP contribution in [0.4, 0.5) is 0 Å². The van der Waals surface area contributed by atoms with Crippen LogP contribution in [0.3, 0.4) is 0 Å². The summed E-state index contributed by atoms with van der Waals surface area (Å²) in [5, 5.41) is 49.5. The number of hydrogen-bond donors (Lipinski definition) is 4. The van der Waals surface area contributed by atoms with Crippen molar-refractivity contribution in [1.29, 1.82) is 0 Å². The number of likely N-dealkylation sites (tertiary alicyclic amines) is 1. The molecule has 3 heterocycles. The van der Waals surface area contributed by atoms with Crippen LogP contribution in [0.5, 0.6) is 23.0 Å². The zero-order chi connectivity index (χ0) is 35.0. The van der Waals surface area contributed by atoms with E-state index in [9.17, 15) is 30.0 Å². The number of Topliss-reactive ketones (excluding diaryl/α,β-unsaturated/α-hetero) is 2. The second kappa shape index (κ2) is 10.5. The van der Waals surface area contributed by atoms with Crippen LogP contribution in [0, 0.1) is 11.8 Å². The molecule has 6 aliphatic carbocycles. The maximum atomic E-state index is 13.6. The molecule has 1 saturated heterocycles. The molecule has 2 aromatic rings. The van der Waals surface area contributed by atoms with E-state index in [1.54, 1.807) is 0 Å². The number of carbonyl (C=O) groups is 2. The Morgan fingerprint density at radius 3 is 2.33 bits per heavy atom. The van der Waals surface area contributed by atoms with Gasteiger partial charge in [-0.3, -0.25) is 0 Å². The molecule has 9 aliphatic rings. The SMILES string of the molecule is CI([N-]CC1CC1)C1C[C@]2(O)CCC(=O)C3Oc4c(O)c(-c5cc6c7c(c5O)OC5C(=O)CC[C@@]8(O)[C@@H](C6)N(CC6CC6)CC[C@]758)cc1c4[C@@]32I. The number of piperidine rings is 1. The van der Waals surface area contributed by atoms with Gasteiger partial charge in [0.05, 0.1) is 0 Å². The number of aliphatic hydroxyl groups is 2. The van der Waals surface area contributed by atoms with Crippen LogP contribution >= 0.6 is 42.7 Å². The summed E-state index contributed by atoms with van der Waals surface area (Å²) in [5.41, 5.74) is 0.863. The summed E-state index contributed by atoms with van der Waals surface area (Å²) < 4.78 is 17.2. The summed E-state index contributed by atoms with van der Waals surface area (Å²) >= 11 is 0.174. The first-order valence-corrected chi connectivity index (χ1v) is 24.2. The van der Waals surface area contributed by atoms with E-state index in [2.05, 4.69) is 32.4 Å². The van der Waals surface area contributed by atoms with Gasteiger partial charge in [0.2, 0.25) is 0 Å². The zero-order valence-corrected chi connectivity index (χ0v) is 32.9. The number of rotatable bonds is 7. The van der Waals surface area contributed by atoms with Gasteiger partial charge in [0.1, 0.15) is 0 Å². The van der Waals surface area contributed by atoms with Crippen molar-refractivity contribution in [2.75, 3.05) is 24.6 Å². The van der Waals surface area contributed by atoms with Crippen molar-refractivity contribution in [1.82, 2.24) is 4.90 Å². The Bertz CT molecular complexity index is 1970. The molecule has 2 bridgehead atoms. The van der Waals surface area contributed by atoms with Crippen molar-refractivity contribution in [3.63, 3.8) is 0 Å². The third-order valence-electron chi connectivity index (χ3n) is 14.4. The van der Waals surface area contributed by atoms with E-state index < -0.39 is 52.3 Å². The van der Waals surface area contributed by atoms with Crippen LogP contribution in [-0.4, -0.2) is 90.9 Å². The summed E-state index contributed by atoms with van der Waals surface area (Å²) in [6, 6.07) is 3.72. The van der Waals surface area contributed by atoms with E-state index in [0.717, 1.165) is 36.3 Å². The molecule has 2 aromatic carbocycles. The fourth-order valence-electron chi connectivity index (χ4n) is 11.4. The van der Waals surface area contributed by atoms with Crippen molar-refractivity contribution in [3.8, 4) is 34.1 Å². The van der Waals surface area contributed by atoms with Crippen molar-refractivity contribution in [2.24, 2.45) is 11.8 Å². The van der Waals surface area contributed by atoms with Crippen molar-refractivity contribution < 1.29 is 39.5 Å². The van der Waals surface area contributed by atoms with E-state index in [4.69, 9.17) is 13.0 Å². The second-order valence-corrected chi connectivity index (χ2v) is 23.7. The number of aromatic hydroxyl groups is 2. The zero-order valence-electron chi connectivity index (χ0n) is 28.6. The Morgan fingerprint density at radius 2 is 1.59 bits per heavy atom. The van der Waals surface area contributed by atoms with E-state index in [1.165, 1.54) is 25.7 Å². The molecule has 5 fully saturated rings. The molecule has 0 radical (unpaired) electrons. The minimum atomic E-state index is -2.06. The predicted molar refractivity (Wildman–Crippen MR) is 204 cm³/mol. The fourth-order valence-corrected chi connectivity index (χ4v) is 17.4. The van der Waals surface area contributed by atoms with Gasteiger partial charge in [-0.15, -0.1) is 0 Å². The van der Waals surface area contributed by atoms with Gasteiger partial charge < -0.3 is 0 Å². The van der Waals surface area contributed by atoms with E-state index in [-0.39, 0.29) is 57.4 Å². The van der Waals surface area contributed by atoms with Crippen LogP contribution in [0.25, 0.3) is 14.7 Å². The van der Waals surface area contributed by atoms with Gasteiger partial charge in [-0.25, -0.2) is 0 Å². The van der Waals surface area contributed by atoms with Gasteiger partial charge >= 0.3 is 307 Å². The van der Waals surface area contributed by atoms with E-state index in [0.29, 0.717) is 60.6 Å². The number of halogens is 2. The summed E-state index contributed by atoms with van der Waals surface area (Å²) in [6.07, 6.45) is 5.82. The summed E-state index contributed by atoms with van der Waals surface area (Å²) in [4.78, 5) is 31.8. The average Bonchev–Trinajstić information content (AvgIpc) is 4.03. The first-order valence-electron chi connectivity index (χ1n) is 18.7. The van der Waals surface area contributed by atoms with Crippen LogP contribution in [0.15, 0.2) is 12.1 Å². The van der Waals surface area contributed by atoms with Crippen LogP contribution in [0.2, 0.25) is 0 Å². The monoisotopic (exact) mass is 921 g/mol. The van der Waals surface area contributed by atoms with Crippen LogP contribution in [-0.2, 0) is 24.8 Å². The van der Waals surface area contributed by atoms with Crippen LogP contribution < -0.4 is 9.47 Å². The maximum absolute atomic E-state index is 13.6. The quantitative estimate of drug-likeness (QED) is 0.204. The predicted octanol–water partition coefficient (Wildman–Crippen LogP) is 5.66. The molecule has 8 atom stereocenters. The van der Waals surface area contributed by atoms with Crippen LogP contribution in [0.1, 0.15) is 90.4 Å². The third-order valence-corrected chi connectivity index (χ3v) is 21.3. The Kier molecular flexibility index (Phi) is 6.74. The summed E-state index contributed by atoms with van der Waals surface area (Å²) in [7, 11) is 0. The summed E-state index contributed by atoms with van der Waals surface area (Å²) in [5.74, 6) is 1.30. The van der Waals surface area contributed by atoms with E-state index in [1.807, 2.05) is 12.1 Å². The van der Waals surface area contributed by atoms with Gasteiger partial charge in [0, 0.05) is 0 Å². The summed E-state index contributed by atoms with van der Waals surface area (Å²) in [6.45, 7) is 2.54. The number of nitrogens with zero attached hydrogens (tertiary/aromatic N) is 2. The Hall–Kier alpha value is -1.72. The molecule has 0 amide bonds. The van der Waals surface area contributed by atoms with Gasteiger partial charge in [-0.2, -0.15) is 0 Å². The molecule has 4 N–H and O–H groups in total. The van der Waals surface area contributed by atoms with E-state index >= 15 is 0 Å². The topological polar surface area (TPSA) is 151 Å². The van der Waals surface area contributed by atoms with Crippen molar-refractivity contribution >= 4 is 54.3 Å². The normalized spacial score (nSPS) is 40.0. The first-order chi connectivity index (χ1) is 24.4. The molecule has 3 unspecified atom stereocenters.